The molecule has 0 aromatic heterocycles. The Labute approximate surface area is 77.7 Å². The summed E-state index contributed by atoms with van der Waals surface area (Å²) in [6.07, 6.45) is 11.9. The zero-order chi connectivity index (χ0) is 8.81. The number of hydrogen-bond donors (Lipinski definition) is 0. The summed E-state index contributed by atoms with van der Waals surface area (Å²) in [6.45, 7) is 4.73. The molecule has 1 atom stereocenters. The van der Waals surface area contributed by atoms with Crippen molar-refractivity contribution in [1.29, 1.82) is 0 Å². The van der Waals surface area contributed by atoms with Gasteiger partial charge in [0.25, 0.3) is 0 Å². The van der Waals surface area contributed by atoms with Gasteiger partial charge in [-0.25, -0.2) is 0 Å². The smallest absolute Gasteiger partial charge is 0.0412 e. The summed E-state index contributed by atoms with van der Waals surface area (Å²) in [5.41, 5.74) is 0. The lowest BCUT2D eigenvalue weighted by atomic mass is 9.82. The molecule has 1 aliphatic rings. The van der Waals surface area contributed by atoms with Crippen molar-refractivity contribution in [2.45, 2.75) is 65.2 Å². The summed E-state index contributed by atoms with van der Waals surface area (Å²) in [7, 11) is 0. The fourth-order valence-corrected chi connectivity index (χ4v) is 2.60. The predicted molar refractivity (Wildman–Crippen MR) is 55.3 cm³/mol. The number of rotatable bonds is 4. The van der Waals surface area contributed by atoms with Crippen molar-refractivity contribution in [3.63, 3.8) is 0 Å². The van der Waals surface area contributed by atoms with Crippen LogP contribution in [0.2, 0.25) is 0 Å². The maximum atomic E-state index is 2.43. The van der Waals surface area contributed by atoms with E-state index in [9.17, 15) is 0 Å². The molecule has 0 heteroatoms. The zero-order valence-electron chi connectivity index (χ0n) is 8.81. The van der Waals surface area contributed by atoms with Crippen LogP contribution >= 0.6 is 0 Å². The van der Waals surface area contributed by atoms with E-state index < -0.39 is 0 Å². The fraction of sp³-hybridized carbons (Fsp3) is 1.00. The fourth-order valence-electron chi connectivity index (χ4n) is 2.60. The first-order valence-corrected chi connectivity index (χ1v) is 5.83. The lowest BCUT2D eigenvalue weighted by Crippen LogP contribution is -2.10. The van der Waals surface area contributed by atoms with E-state index in [-0.39, 0.29) is 0 Å². The lowest BCUT2D eigenvalue weighted by Gasteiger charge is -2.24. The van der Waals surface area contributed by atoms with Crippen LogP contribution in [0, 0.1) is 11.8 Å². The van der Waals surface area contributed by atoms with E-state index in [1.54, 1.807) is 0 Å². The van der Waals surface area contributed by atoms with E-state index >= 15 is 0 Å². The molecule has 1 fully saturated rings. The van der Waals surface area contributed by atoms with E-state index in [1.807, 2.05) is 0 Å². The van der Waals surface area contributed by atoms with Gasteiger partial charge in [-0.15, -0.1) is 0 Å². The molecule has 72 valence electrons. The van der Waals surface area contributed by atoms with Crippen molar-refractivity contribution in [3.05, 3.63) is 0 Å². The first kappa shape index (κ1) is 10.1. The largest absolute Gasteiger partial charge is 0.0654 e. The first-order chi connectivity index (χ1) is 5.83. The average Bonchev–Trinajstić information content (AvgIpc) is 2.06. The Hall–Kier alpha value is 0. The maximum absolute atomic E-state index is 2.43. The van der Waals surface area contributed by atoms with Gasteiger partial charge < -0.3 is 0 Å². The van der Waals surface area contributed by atoms with Crippen molar-refractivity contribution >= 4 is 0 Å². The van der Waals surface area contributed by atoms with E-state index in [2.05, 4.69) is 13.8 Å². The van der Waals surface area contributed by atoms with Crippen LogP contribution < -0.4 is 0 Å². The molecule has 0 radical (unpaired) electrons. The van der Waals surface area contributed by atoms with Gasteiger partial charge in [-0.1, -0.05) is 58.8 Å². The quantitative estimate of drug-likeness (QED) is 0.584. The molecule has 0 aliphatic heterocycles. The van der Waals surface area contributed by atoms with Gasteiger partial charge in [-0.05, 0) is 18.3 Å². The molecule has 0 amide bonds. The average molecular weight is 168 g/mol. The summed E-state index contributed by atoms with van der Waals surface area (Å²) in [5.74, 6) is 2.07. The van der Waals surface area contributed by atoms with Crippen molar-refractivity contribution in [2.75, 3.05) is 0 Å². The minimum Gasteiger partial charge on any atom is -0.0654 e. The van der Waals surface area contributed by atoms with Crippen molar-refractivity contribution in [3.8, 4) is 0 Å². The highest BCUT2D eigenvalue weighted by molar-refractivity contribution is 4.68. The molecule has 12 heavy (non-hydrogen) atoms. The third-order valence-corrected chi connectivity index (χ3v) is 3.24. The molecule has 0 saturated heterocycles. The molecule has 0 spiro atoms. The van der Waals surface area contributed by atoms with Gasteiger partial charge in [0, 0.05) is 0 Å². The molecular weight excluding hydrogens is 144 g/mol. The summed E-state index contributed by atoms with van der Waals surface area (Å²) in [6, 6.07) is 0. The second-order valence-electron chi connectivity index (χ2n) is 4.63. The highest BCUT2D eigenvalue weighted by Crippen LogP contribution is 2.30. The first-order valence-electron chi connectivity index (χ1n) is 5.83. The van der Waals surface area contributed by atoms with Crippen LogP contribution in [0.5, 0.6) is 0 Å². The van der Waals surface area contributed by atoms with Gasteiger partial charge in [0.2, 0.25) is 0 Å². The second-order valence-corrected chi connectivity index (χ2v) is 4.63. The highest BCUT2D eigenvalue weighted by Gasteiger charge is 2.15. The highest BCUT2D eigenvalue weighted by atomic mass is 14.2. The summed E-state index contributed by atoms with van der Waals surface area (Å²) in [4.78, 5) is 0. The molecule has 0 heterocycles. The molecule has 1 rings (SSSR count). The van der Waals surface area contributed by atoms with Gasteiger partial charge in [0.1, 0.15) is 0 Å². The Bertz CT molecular complexity index is 101. The van der Waals surface area contributed by atoms with Gasteiger partial charge in [-0.3, -0.25) is 0 Å². The van der Waals surface area contributed by atoms with Gasteiger partial charge >= 0.3 is 0 Å². The third kappa shape index (κ3) is 3.60. The molecule has 0 aromatic carbocycles. The minimum absolute atomic E-state index is 0.984. The Morgan fingerprint density at radius 1 is 1.17 bits per heavy atom. The standard InChI is InChI=1S/C12H24/c1-3-7-11(2)10-12-8-5-4-6-9-12/h11-12H,3-10H2,1-2H3. The van der Waals surface area contributed by atoms with Crippen LogP contribution in [0.15, 0.2) is 0 Å². The monoisotopic (exact) mass is 168 g/mol. The van der Waals surface area contributed by atoms with E-state index in [1.165, 1.54) is 51.4 Å². The molecule has 0 bridgehead atoms. The Morgan fingerprint density at radius 3 is 2.42 bits per heavy atom. The minimum atomic E-state index is 0.984. The molecule has 0 aromatic rings. The normalized spacial score (nSPS) is 22.5. The lowest BCUT2D eigenvalue weighted by molar-refractivity contribution is 0.288. The van der Waals surface area contributed by atoms with Crippen LogP contribution in [0.25, 0.3) is 0 Å². The molecular formula is C12H24. The molecule has 0 nitrogen and oxygen atoms in total. The van der Waals surface area contributed by atoms with Crippen molar-refractivity contribution in [2.24, 2.45) is 11.8 Å². The predicted octanol–water partition coefficient (Wildman–Crippen LogP) is 4.39. The summed E-state index contributed by atoms with van der Waals surface area (Å²) >= 11 is 0. The summed E-state index contributed by atoms with van der Waals surface area (Å²) in [5, 5.41) is 0. The van der Waals surface area contributed by atoms with Crippen LogP contribution in [-0.2, 0) is 0 Å². The molecule has 0 N–H and O–H groups in total. The third-order valence-electron chi connectivity index (χ3n) is 3.24. The van der Waals surface area contributed by atoms with Crippen molar-refractivity contribution < 1.29 is 0 Å². The van der Waals surface area contributed by atoms with Crippen LogP contribution in [0.1, 0.15) is 65.2 Å². The Kier molecular flexibility index (Phi) is 4.72. The molecule has 1 saturated carbocycles. The van der Waals surface area contributed by atoms with Gasteiger partial charge in [0.15, 0.2) is 0 Å². The molecule has 1 unspecified atom stereocenters. The van der Waals surface area contributed by atoms with Gasteiger partial charge in [0.05, 0.1) is 0 Å². The molecule has 1 aliphatic carbocycles. The van der Waals surface area contributed by atoms with Gasteiger partial charge in [-0.2, -0.15) is 0 Å². The van der Waals surface area contributed by atoms with E-state index in [0.29, 0.717) is 0 Å². The van der Waals surface area contributed by atoms with Crippen LogP contribution in [0.4, 0.5) is 0 Å². The topological polar surface area (TPSA) is 0 Å². The Morgan fingerprint density at radius 2 is 1.83 bits per heavy atom. The SMILES string of the molecule is CCCC(C)CC1CCCCC1. The van der Waals surface area contributed by atoms with E-state index in [0.717, 1.165) is 11.8 Å². The van der Waals surface area contributed by atoms with E-state index in [4.69, 9.17) is 0 Å². The second kappa shape index (κ2) is 5.61. The zero-order valence-corrected chi connectivity index (χ0v) is 8.81. The summed E-state index contributed by atoms with van der Waals surface area (Å²) < 4.78 is 0. The van der Waals surface area contributed by atoms with Crippen LogP contribution in [-0.4, -0.2) is 0 Å². The maximum Gasteiger partial charge on any atom is -0.0412 e. The number of hydrogen-bond acceptors (Lipinski definition) is 0. The van der Waals surface area contributed by atoms with Crippen molar-refractivity contribution in [1.82, 2.24) is 0 Å². The van der Waals surface area contributed by atoms with Crippen LogP contribution in [0.3, 0.4) is 0 Å². The Balaban J connectivity index is 2.11.